The first kappa shape index (κ1) is 20.8. The van der Waals surface area contributed by atoms with E-state index in [0.29, 0.717) is 30.6 Å². The van der Waals surface area contributed by atoms with Gasteiger partial charge in [-0.05, 0) is 26.0 Å². The summed E-state index contributed by atoms with van der Waals surface area (Å²) in [4.78, 5) is 34.1. The normalized spacial score (nSPS) is 20.0. The molecule has 29 heavy (non-hydrogen) atoms. The Hall–Kier alpha value is -2.94. The van der Waals surface area contributed by atoms with Crippen molar-refractivity contribution in [2.75, 3.05) is 40.3 Å². The molecule has 0 aromatic heterocycles. The van der Waals surface area contributed by atoms with Gasteiger partial charge in [0.2, 0.25) is 11.9 Å². The summed E-state index contributed by atoms with van der Waals surface area (Å²) in [5, 5.41) is 10.6. The van der Waals surface area contributed by atoms with E-state index in [4.69, 9.17) is 4.74 Å². The van der Waals surface area contributed by atoms with E-state index in [1.807, 2.05) is 48.8 Å². The molecule has 9 nitrogen and oxygen atoms in total. The third-order valence-corrected chi connectivity index (χ3v) is 5.15. The van der Waals surface area contributed by atoms with E-state index in [2.05, 4.69) is 4.99 Å². The zero-order chi connectivity index (χ0) is 21.1. The minimum absolute atomic E-state index is 0.0763. The number of guanidine groups is 1. The first-order valence-electron chi connectivity index (χ1n) is 9.77. The van der Waals surface area contributed by atoms with Crippen molar-refractivity contribution in [2.24, 2.45) is 4.99 Å². The number of fused-ring (bicyclic) bond motifs is 1. The third-order valence-electron chi connectivity index (χ3n) is 5.15. The zero-order valence-corrected chi connectivity index (χ0v) is 17.3. The highest BCUT2D eigenvalue weighted by atomic mass is 16.5. The molecule has 3 rings (SSSR count). The molecule has 0 aliphatic carbocycles. The van der Waals surface area contributed by atoms with Crippen molar-refractivity contribution in [3.63, 3.8) is 0 Å². The van der Waals surface area contributed by atoms with Crippen molar-refractivity contribution in [3.8, 4) is 5.75 Å². The van der Waals surface area contributed by atoms with Crippen LogP contribution in [-0.4, -0.2) is 101 Å². The second-order valence-electron chi connectivity index (χ2n) is 7.01. The molecule has 156 valence electrons. The molecule has 0 saturated carbocycles. The molecule has 2 aliphatic rings. The number of urea groups is 1. The van der Waals surface area contributed by atoms with Gasteiger partial charge < -0.3 is 9.84 Å². The number of nitrogens with zero attached hydrogens (tertiary/aromatic N) is 5. The Balaban J connectivity index is 1.85. The quantitative estimate of drug-likeness (QED) is 0.669. The predicted octanol–water partition coefficient (Wildman–Crippen LogP) is 0.441. The van der Waals surface area contributed by atoms with Gasteiger partial charge in [-0.25, -0.2) is 9.69 Å². The van der Waals surface area contributed by atoms with Gasteiger partial charge in [0.1, 0.15) is 18.5 Å². The Morgan fingerprint density at radius 2 is 1.79 bits per heavy atom. The molecule has 0 spiro atoms. The van der Waals surface area contributed by atoms with Gasteiger partial charge in [-0.1, -0.05) is 23.2 Å². The maximum Gasteiger partial charge on any atom is 0.392 e. The van der Waals surface area contributed by atoms with E-state index in [-0.39, 0.29) is 19.1 Å². The van der Waals surface area contributed by atoms with E-state index in [1.54, 1.807) is 11.9 Å². The third kappa shape index (κ3) is 3.95. The Morgan fingerprint density at radius 1 is 1.14 bits per heavy atom. The number of para-hydroxylation sites is 1. The lowest BCUT2D eigenvalue weighted by atomic mass is 10.1. The number of aliphatic imine (C=N–C) groups is 1. The molecule has 2 unspecified atom stereocenters. The maximum atomic E-state index is 12.9. The average Bonchev–Trinajstić information content (AvgIpc) is 3.10. The number of aliphatic hydroxyl groups is 1. The summed E-state index contributed by atoms with van der Waals surface area (Å²) in [5.74, 6) is 1.27. The molecule has 0 bridgehead atoms. The van der Waals surface area contributed by atoms with Crippen LogP contribution in [0.2, 0.25) is 0 Å². The molecule has 2 aliphatic heterocycles. The summed E-state index contributed by atoms with van der Waals surface area (Å²) in [6.07, 6.45) is -0.851. The summed E-state index contributed by atoms with van der Waals surface area (Å²) < 4.78 is 7.65. The number of hydrogen-bond acceptors (Lipinski definition) is 4. The van der Waals surface area contributed by atoms with Crippen LogP contribution in [0.15, 0.2) is 35.3 Å². The minimum Gasteiger partial charge on any atom is -0.491 e. The van der Waals surface area contributed by atoms with E-state index < -0.39 is 18.2 Å². The number of aliphatic hydroxyl groups excluding tert-OH is 1. The van der Waals surface area contributed by atoms with Gasteiger partial charge in [0.05, 0.1) is 19.6 Å². The monoisotopic (exact) mass is 402 g/mol. The number of carbonyl (C=O) groups is 2. The SMILES string of the molecule is CC[N+](CC)=C1N=C2C(C(=O)N(C)C(=O)N2C)N1CC(O)COc1ccccc1. The smallest absolute Gasteiger partial charge is 0.392 e. The maximum absolute atomic E-state index is 12.9. The fourth-order valence-corrected chi connectivity index (χ4v) is 3.52. The summed E-state index contributed by atoms with van der Waals surface area (Å²) in [6, 6.07) is 8.08. The Kier molecular flexibility index (Phi) is 6.17. The van der Waals surface area contributed by atoms with E-state index >= 15 is 0 Å². The number of carbonyl (C=O) groups excluding carboxylic acids is 2. The first-order valence-corrected chi connectivity index (χ1v) is 9.77. The standard InChI is InChI=1S/C20H28N5O4/c1-5-24(6-2)19-21-17-16(18(27)23(4)20(28)22(17)3)25(19)12-14(26)13-29-15-10-8-7-9-11-15/h7-11,14,16,26H,5-6,12-13H2,1-4H3/q+1. The van der Waals surface area contributed by atoms with Crippen LogP contribution in [0.1, 0.15) is 13.8 Å². The van der Waals surface area contributed by atoms with Gasteiger partial charge in [0, 0.05) is 14.1 Å². The lowest BCUT2D eigenvalue weighted by Crippen LogP contribution is -2.63. The highest BCUT2D eigenvalue weighted by Gasteiger charge is 2.55. The number of rotatable bonds is 7. The van der Waals surface area contributed by atoms with Crippen LogP contribution in [0.4, 0.5) is 4.79 Å². The van der Waals surface area contributed by atoms with Crippen molar-refractivity contribution in [3.05, 3.63) is 30.3 Å². The van der Waals surface area contributed by atoms with Gasteiger partial charge in [0.25, 0.3) is 5.91 Å². The van der Waals surface area contributed by atoms with Crippen molar-refractivity contribution < 1.29 is 24.0 Å². The van der Waals surface area contributed by atoms with Crippen molar-refractivity contribution in [1.82, 2.24) is 14.7 Å². The summed E-state index contributed by atoms with van der Waals surface area (Å²) in [7, 11) is 3.07. The molecular formula is C20H28N5O4+. The summed E-state index contributed by atoms with van der Waals surface area (Å²) in [6.45, 7) is 5.59. The van der Waals surface area contributed by atoms with Crippen LogP contribution in [0.5, 0.6) is 5.75 Å². The van der Waals surface area contributed by atoms with Gasteiger partial charge in [0.15, 0.2) is 0 Å². The van der Waals surface area contributed by atoms with Crippen LogP contribution < -0.4 is 4.74 Å². The number of amidine groups is 1. The number of hydrogen-bond donors (Lipinski definition) is 1. The second-order valence-corrected chi connectivity index (χ2v) is 7.01. The Labute approximate surface area is 170 Å². The highest BCUT2D eigenvalue weighted by molar-refractivity contribution is 6.25. The van der Waals surface area contributed by atoms with Crippen molar-refractivity contribution >= 4 is 23.7 Å². The molecule has 3 amide bonds. The number of amides is 3. The molecule has 1 aromatic carbocycles. The van der Waals surface area contributed by atoms with Gasteiger partial charge in [-0.2, -0.15) is 0 Å². The Morgan fingerprint density at radius 3 is 2.41 bits per heavy atom. The molecular weight excluding hydrogens is 374 g/mol. The van der Waals surface area contributed by atoms with Crippen LogP contribution in [0, 0.1) is 0 Å². The molecule has 1 aromatic rings. The van der Waals surface area contributed by atoms with Crippen LogP contribution in [0.25, 0.3) is 0 Å². The Bertz CT molecular complexity index is 833. The average molecular weight is 402 g/mol. The topological polar surface area (TPSA) is 88.7 Å². The second kappa shape index (κ2) is 8.60. The van der Waals surface area contributed by atoms with E-state index in [9.17, 15) is 14.7 Å². The number of benzene rings is 1. The highest BCUT2D eigenvalue weighted by Crippen LogP contribution is 2.23. The van der Waals surface area contributed by atoms with Crippen LogP contribution in [-0.2, 0) is 4.79 Å². The van der Waals surface area contributed by atoms with E-state index in [1.165, 1.54) is 11.9 Å². The van der Waals surface area contributed by atoms with Crippen molar-refractivity contribution in [1.29, 1.82) is 0 Å². The first-order chi connectivity index (χ1) is 13.9. The molecule has 1 saturated heterocycles. The number of imide groups is 1. The van der Waals surface area contributed by atoms with Crippen LogP contribution >= 0.6 is 0 Å². The summed E-state index contributed by atoms with van der Waals surface area (Å²) >= 11 is 0. The lowest BCUT2D eigenvalue weighted by Gasteiger charge is -2.33. The lowest BCUT2D eigenvalue weighted by molar-refractivity contribution is -0.526. The van der Waals surface area contributed by atoms with Crippen molar-refractivity contribution in [2.45, 2.75) is 26.0 Å². The number of β-amino-alcohol motifs (C(OH)–C–C–N with tert-alkyl or cyclic N) is 1. The molecule has 2 atom stereocenters. The number of likely N-dealkylation sites (N-methyl/N-ethyl adjacent to an activating group) is 2. The van der Waals surface area contributed by atoms with Gasteiger partial charge in [-0.15, -0.1) is 0 Å². The predicted molar refractivity (Wildman–Crippen MR) is 108 cm³/mol. The zero-order valence-electron chi connectivity index (χ0n) is 17.3. The fourth-order valence-electron chi connectivity index (χ4n) is 3.52. The minimum atomic E-state index is -0.851. The van der Waals surface area contributed by atoms with Crippen LogP contribution in [0.3, 0.4) is 0 Å². The van der Waals surface area contributed by atoms with Gasteiger partial charge in [-0.3, -0.25) is 19.2 Å². The molecule has 0 radical (unpaired) electrons. The largest absolute Gasteiger partial charge is 0.491 e. The number of ether oxygens (including phenoxy) is 1. The van der Waals surface area contributed by atoms with E-state index in [0.717, 1.165) is 4.90 Å². The summed E-state index contributed by atoms with van der Waals surface area (Å²) in [5.41, 5.74) is 0. The van der Waals surface area contributed by atoms with Gasteiger partial charge >= 0.3 is 12.0 Å². The molecule has 2 heterocycles. The molecule has 9 heteroatoms. The molecule has 1 N–H and O–H groups in total. The fraction of sp³-hybridized carbons (Fsp3) is 0.500. The molecule has 1 fully saturated rings.